The Morgan fingerprint density at radius 2 is 1.84 bits per heavy atom. The molecule has 1 saturated carbocycles. The number of ether oxygens (including phenoxy) is 1. The molecular formula is C24H22FN3O3. The third-order valence-corrected chi connectivity index (χ3v) is 5.59. The molecule has 158 valence electrons. The number of nitrogens with zero attached hydrogens (tertiary/aromatic N) is 3. The van der Waals surface area contributed by atoms with Crippen LogP contribution < -0.4 is 0 Å². The molecule has 3 aromatic rings. The number of hydrogen-bond donors (Lipinski definition) is 1. The lowest BCUT2D eigenvalue weighted by molar-refractivity contribution is -0.156. The molecule has 0 unspecified atom stereocenters. The molecule has 31 heavy (non-hydrogen) atoms. The van der Waals surface area contributed by atoms with Crippen molar-refractivity contribution in [2.45, 2.75) is 43.8 Å². The van der Waals surface area contributed by atoms with E-state index in [0.717, 1.165) is 41.2 Å². The van der Waals surface area contributed by atoms with Crippen molar-refractivity contribution >= 4 is 12.2 Å². The Balaban J connectivity index is 1.63. The smallest absolute Gasteiger partial charge is 0.309 e. The first-order valence-corrected chi connectivity index (χ1v) is 10.4. The summed E-state index contributed by atoms with van der Waals surface area (Å²) in [6, 6.07) is 10.1. The largest absolute Gasteiger partial charge is 0.458 e. The summed E-state index contributed by atoms with van der Waals surface area (Å²) >= 11 is 0. The first-order chi connectivity index (χ1) is 15.1. The zero-order valence-corrected chi connectivity index (χ0v) is 16.8. The molecule has 5 rings (SSSR count). The van der Waals surface area contributed by atoms with Crippen LogP contribution in [0.2, 0.25) is 0 Å². The van der Waals surface area contributed by atoms with Gasteiger partial charge in [-0.2, -0.15) is 0 Å². The number of aliphatic hydroxyl groups excluding tert-OH is 1. The molecule has 2 aromatic heterocycles. The van der Waals surface area contributed by atoms with Crippen molar-refractivity contribution in [2.24, 2.45) is 0 Å². The second-order valence-electron chi connectivity index (χ2n) is 8.02. The zero-order valence-electron chi connectivity index (χ0n) is 16.8. The van der Waals surface area contributed by atoms with Gasteiger partial charge < -0.3 is 14.4 Å². The van der Waals surface area contributed by atoms with Gasteiger partial charge in [-0.3, -0.25) is 9.78 Å². The summed E-state index contributed by atoms with van der Waals surface area (Å²) in [5, 5.41) is 9.92. The van der Waals surface area contributed by atoms with Crippen LogP contribution >= 0.6 is 0 Å². The number of carbonyl (C=O) groups is 1. The average molecular weight is 419 g/mol. The molecule has 0 amide bonds. The number of imidazole rings is 1. The lowest BCUT2D eigenvalue weighted by Gasteiger charge is -2.23. The second kappa shape index (κ2) is 8.07. The van der Waals surface area contributed by atoms with E-state index in [0.29, 0.717) is 12.3 Å². The third kappa shape index (κ3) is 4.14. The standard InChI is InChI=1S/C24H22FN3O3/c25-18-5-3-15(4-6-18)22-23(16-7-10-26-11-8-16)28(24(27-22)17-1-2-17)12-9-20-13-19(29)14-21(30)31-20/h3-12,17,19-20,29H,1-2,13-14H2/b12-9+/t19-,20-/m1/s1. The second-order valence-corrected chi connectivity index (χ2v) is 8.02. The van der Waals surface area contributed by atoms with Gasteiger partial charge in [-0.25, -0.2) is 9.37 Å². The molecule has 2 aliphatic rings. The van der Waals surface area contributed by atoms with E-state index in [1.165, 1.54) is 12.1 Å². The fourth-order valence-electron chi connectivity index (χ4n) is 3.93. The lowest BCUT2D eigenvalue weighted by Crippen LogP contribution is -2.31. The predicted molar refractivity (Wildman–Crippen MR) is 113 cm³/mol. The molecule has 1 saturated heterocycles. The summed E-state index contributed by atoms with van der Waals surface area (Å²) < 4.78 is 20.9. The molecule has 1 aliphatic heterocycles. The van der Waals surface area contributed by atoms with Gasteiger partial charge >= 0.3 is 5.97 Å². The minimum atomic E-state index is -0.698. The Labute approximate surface area is 179 Å². The highest BCUT2D eigenvalue weighted by Gasteiger charge is 2.32. The van der Waals surface area contributed by atoms with Crippen molar-refractivity contribution in [3.63, 3.8) is 0 Å². The number of benzene rings is 1. The summed E-state index contributed by atoms with van der Waals surface area (Å²) in [6.07, 6.45) is 8.43. The van der Waals surface area contributed by atoms with Crippen LogP contribution in [0.4, 0.5) is 4.39 Å². The van der Waals surface area contributed by atoms with Crippen molar-refractivity contribution in [1.82, 2.24) is 14.5 Å². The van der Waals surface area contributed by atoms with Crippen LogP contribution in [0.1, 0.15) is 37.4 Å². The molecule has 1 N–H and O–H groups in total. The van der Waals surface area contributed by atoms with Crippen LogP contribution in [-0.4, -0.2) is 37.8 Å². The van der Waals surface area contributed by atoms with Crippen molar-refractivity contribution in [1.29, 1.82) is 0 Å². The number of carbonyl (C=O) groups excluding carboxylic acids is 1. The van der Waals surface area contributed by atoms with Crippen LogP contribution in [-0.2, 0) is 9.53 Å². The Hall–Kier alpha value is -3.32. The van der Waals surface area contributed by atoms with Gasteiger partial charge in [-0.1, -0.05) is 0 Å². The highest BCUT2D eigenvalue weighted by molar-refractivity contribution is 5.80. The molecule has 1 aliphatic carbocycles. The van der Waals surface area contributed by atoms with Gasteiger partial charge in [-0.05, 0) is 55.3 Å². The fourth-order valence-corrected chi connectivity index (χ4v) is 3.93. The highest BCUT2D eigenvalue weighted by Crippen LogP contribution is 2.44. The van der Waals surface area contributed by atoms with E-state index >= 15 is 0 Å². The molecule has 1 aromatic carbocycles. The van der Waals surface area contributed by atoms with E-state index in [1.807, 2.05) is 22.9 Å². The van der Waals surface area contributed by atoms with Crippen molar-refractivity contribution < 1.29 is 19.0 Å². The van der Waals surface area contributed by atoms with Gasteiger partial charge in [0.25, 0.3) is 0 Å². The SMILES string of the molecule is O=C1C[C@H](O)C[C@@H](/C=C/n2c(C3CC3)nc(-c3ccc(F)cc3)c2-c2ccncc2)O1. The molecule has 2 atom stereocenters. The number of pyridine rings is 1. The minimum Gasteiger partial charge on any atom is -0.458 e. The maximum atomic E-state index is 13.5. The number of hydrogen-bond acceptors (Lipinski definition) is 5. The van der Waals surface area contributed by atoms with E-state index < -0.39 is 18.2 Å². The first-order valence-electron chi connectivity index (χ1n) is 10.4. The first kappa shape index (κ1) is 19.6. The maximum absolute atomic E-state index is 13.5. The van der Waals surface area contributed by atoms with Crippen LogP contribution in [0.15, 0.2) is 54.9 Å². The molecule has 2 fully saturated rings. The summed E-state index contributed by atoms with van der Waals surface area (Å²) in [4.78, 5) is 20.8. The van der Waals surface area contributed by atoms with Crippen molar-refractivity contribution in [3.05, 3.63) is 66.5 Å². The molecule has 0 radical (unpaired) electrons. The fraction of sp³-hybridized carbons (Fsp3) is 0.292. The molecule has 0 spiro atoms. The number of cyclic esters (lactones) is 1. The quantitative estimate of drug-likeness (QED) is 0.628. The van der Waals surface area contributed by atoms with Crippen LogP contribution in [0.25, 0.3) is 28.7 Å². The Morgan fingerprint density at radius 1 is 1.10 bits per heavy atom. The van der Waals surface area contributed by atoms with Crippen molar-refractivity contribution in [2.75, 3.05) is 0 Å². The summed E-state index contributed by atoms with van der Waals surface area (Å²) in [7, 11) is 0. The van der Waals surface area contributed by atoms with Crippen LogP contribution in [0.3, 0.4) is 0 Å². The lowest BCUT2D eigenvalue weighted by atomic mass is 10.0. The number of rotatable bonds is 5. The van der Waals surface area contributed by atoms with Gasteiger partial charge in [0.2, 0.25) is 0 Å². The predicted octanol–water partition coefficient (Wildman–Crippen LogP) is 4.17. The summed E-state index contributed by atoms with van der Waals surface area (Å²) in [5.74, 6) is 0.570. The van der Waals surface area contributed by atoms with Crippen molar-refractivity contribution in [3.8, 4) is 22.5 Å². The molecule has 0 bridgehead atoms. The van der Waals surface area contributed by atoms with Gasteiger partial charge in [-0.15, -0.1) is 0 Å². The topological polar surface area (TPSA) is 77.2 Å². The van der Waals surface area contributed by atoms with E-state index in [9.17, 15) is 14.3 Å². The average Bonchev–Trinajstić information content (AvgIpc) is 3.53. The maximum Gasteiger partial charge on any atom is 0.309 e. The monoisotopic (exact) mass is 419 g/mol. The van der Waals surface area contributed by atoms with Gasteiger partial charge in [0.15, 0.2) is 0 Å². The highest BCUT2D eigenvalue weighted by atomic mass is 19.1. The number of aliphatic hydroxyl groups is 1. The molecule has 3 heterocycles. The Morgan fingerprint density at radius 3 is 2.52 bits per heavy atom. The molecular weight excluding hydrogens is 397 g/mol. The molecule has 7 heteroatoms. The van der Waals surface area contributed by atoms with Gasteiger partial charge in [0.05, 0.1) is 23.9 Å². The van der Waals surface area contributed by atoms with Gasteiger partial charge in [0, 0.05) is 42.1 Å². The third-order valence-electron chi connectivity index (χ3n) is 5.59. The van der Waals surface area contributed by atoms with Crippen LogP contribution in [0.5, 0.6) is 0 Å². The van der Waals surface area contributed by atoms with Crippen LogP contribution in [0, 0.1) is 5.82 Å². The zero-order chi connectivity index (χ0) is 21.4. The number of aromatic nitrogens is 3. The van der Waals surface area contributed by atoms with E-state index in [1.54, 1.807) is 30.6 Å². The van der Waals surface area contributed by atoms with Gasteiger partial charge in [0.1, 0.15) is 17.7 Å². The Bertz CT molecular complexity index is 1120. The minimum absolute atomic E-state index is 0.0275. The van der Waals surface area contributed by atoms with E-state index in [4.69, 9.17) is 9.72 Å². The Kier molecular flexibility index (Phi) is 5.11. The van der Waals surface area contributed by atoms with E-state index in [-0.39, 0.29) is 12.2 Å². The number of esters is 1. The summed E-state index contributed by atoms with van der Waals surface area (Å²) in [6.45, 7) is 0. The van der Waals surface area contributed by atoms with E-state index in [2.05, 4.69) is 4.98 Å². The normalized spacial score (nSPS) is 21.4. The number of halogens is 1. The summed E-state index contributed by atoms with van der Waals surface area (Å²) in [5.41, 5.74) is 3.38. The molecule has 6 nitrogen and oxygen atoms in total.